The Kier molecular flexibility index (Phi) is 6.53. The molecule has 0 unspecified atom stereocenters. The minimum Gasteiger partial charge on any atom is -0.496 e. The first kappa shape index (κ1) is 23.0. The third kappa shape index (κ3) is 5.51. The van der Waals surface area contributed by atoms with Gasteiger partial charge in [0, 0.05) is 17.1 Å². The summed E-state index contributed by atoms with van der Waals surface area (Å²) >= 11 is 3.25. The molecule has 0 saturated heterocycles. The number of aromatic nitrogens is 2. The molecule has 2 aromatic carbocycles. The second-order valence-electron chi connectivity index (χ2n) is 6.51. The quantitative estimate of drug-likeness (QED) is 0.482. The Morgan fingerprint density at radius 1 is 0.806 bits per heavy atom. The van der Waals surface area contributed by atoms with Gasteiger partial charge in [-0.3, -0.25) is 4.72 Å². The zero-order valence-corrected chi connectivity index (χ0v) is 20.0. The Labute approximate surface area is 189 Å². The second-order valence-corrected chi connectivity index (χ2v) is 10.7. The average Bonchev–Trinajstić information content (AvgIpc) is 2.67. The Morgan fingerprint density at radius 3 is 1.90 bits per heavy atom. The molecule has 0 aliphatic carbocycles. The highest BCUT2D eigenvalue weighted by Gasteiger charge is 2.19. The fraction of sp³-hybridized carbons (Fsp3) is 0.158. The molecule has 164 valence electrons. The van der Waals surface area contributed by atoms with Crippen molar-refractivity contribution in [1.29, 1.82) is 0 Å². The van der Waals surface area contributed by atoms with Crippen molar-refractivity contribution in [1.82, 2.24) is 9.97 Å². The maximum atomic E-state index is 12.6. The number of halogens is 1. The van der Waals surface area contributed by atoms with E-state index in [1.165, 1.54) is 49.6 Å². The predicted molar refractivity (Wildman–Crippen MR) is 120 cm³/mol. The van der Waals surface area contributed by atoms with Crippen LogP contribution in [0.3, 0.4) is 0 Å². The smallest absolute Gasteiger partial charge is 0.264 e. The van der Waals surface area contributed by atoms with Crippen LogP contribution in [0.1, 0.15) is 11.4 Å². The Morgan fingerprint density at radius 2 is 1.35 bits per heavy atom. The van der Waals surface area contributed by atoms with Gasteiger partial charge < -0.3 is 4.74 Å². The standard InChI is InChI=1S/C19H19BrN4O5S2/c1-12-10-13(2)22-19(21-12)24-30(25,26)15-6-4-14(5-7-15)23-31(27,28)16-8-9-18(29-3)17(20)11-16/h4-11,23H,1-3H3,(H,21,22,24). The molecule has 0 amide bonds. The number of methoxy groups -OCH3 is 1. The van der Waals surface area contributed by atoms with E-state index in [9.17, 15) is 16.8 Å². The number of benzene rings is 2. The van der Waals surface area contributed by atoms with Crippen LogP contribution in [0.5, 0.6) is 5.75 Å². The van der Waals surface area contributed by atoms with Gasteiger partial charge in [0.2, 0.25) is 5.95 Å². The van der Waals surface area contributed by atoms with E-state index in [-0.39, 0.29) is 21.4 Å². The highest BCUT2D eigenvalue weighted by Crippen LogP contribution is 2.28. The lowest BCUT2D eigenvalue weighted by atomic mass is 10.3. The van der Waals surface area contributed by atoms with Gasteiger partial charge in [-0.25, -0.2) is 31.5 Å². The molecule has 3 aromatic rings. The summed E-state index contributed by atoms with van der Waals surface area (Å²) in [6.07, 6.45) is 0. The Hall–Kier alpha value is -2.70. The molecule has 12 heteroatoms. The third-order valence-corrected chi connectivity index (χ3v) is 7.40. The van der Waals surface area contributed by atoms with Crippen molar-refractivity contribution in [3.05, 3.63) is 64.4 Å². The normalized spacial score (nSPS) is 11.7. The lowest BCUT2D eigenvalue weighted by Crippen LogP contribution is -2.16. The maximum absolute atomic E-state index is 12.6. The Bertz CT molecular complexity index is 1310. The van der Waals surface area contributed by atoms with Crippen LogP contribution in [0.15, 0.2) is 62.8 Å². The number of anilines is 2. The number of nitrogens with zero attached hydrogens (tertiary/aromatic N) is 2. The van der Waals surface area contributed by atoms with Gasteiger partial charge in [-0.1, -0.05) is 0 Å². The number of aryl methyl sites for hydroxylation is 2. The summed E-state index contributed by atoms with van der Waals surface area (Å²) in [6.45, 7) is 3.46. The molecular formula is C19H19BrN4O5S2. The SMILES string of the molecule is COc1ccc(S(=O)(=O)Nc2ccc(S(=O)(=O)Nc3nc(C)cc(C)n3)cc2)cc1Br. The lowest BCUT2D eigenvalue weighted by molar-refractivity contribution is 0.411. The molecule has 0 saturated carbocycles. The highest BCUT2D eigenvalue weighted by molar-refractivity contribution is 9.10. The van der Waals surface area contributed by atoms with Crippen LogP contribution in [0.2, 0.25) is 0 Å². The summed E-state index contributed by atoms with van der Waals surface area (Å²) in [5, 5.41) is 0. The van der Waals surface area contributed by atoms with E-state index in [1.54, 1.807) is 19.9 Å². The van der Waals surface area contributed by atoms with Crippen molar-refractivity contribution in [2.45, 2.75) is 23.6 Å². The van der Waals surface area contributed by atoms with E-state index in [1.807, 2.05) is 0 Å². The second kappa shape index (κ2) is 8.81. The zero-order chi connectivity index (χ0) is 22.8. The zero-order valence-electron chi connectivity index (χ0n) is 16.7. The molecule has 0 atom stereocenters. The third-order valence-electron chi connectivity index (χ3n) is 4.06. The molecule has 1 aromatic heterocycles. The van der Waals surface area contributed by atoms with Crippen molar-refractivity contribution in [3.8, 4) is 5.75 Å². The fourth-order valence-electron chi connectivity index (χ4n) is 2.68. The van der Waals surface area contributed by atoms with Gasteiger partial charge in [0.25, 0.3) is 20.0 Å². The van der Waals surface area contributed by atoms with Gasteiger partial charge in [0.05, 0.1) is 21.4 Å². The van der Waals surface area contributed by atoms with Crippen molar-refractivity contribution in [2.24, 2.45) is 0 Å². The van der Waals surface area contributed by atoms with Crippen molar-refractivity contribution >= 4 is 47.6 Å². The molecule has 1 heterocycles. The van der Waals surface area contributed by atoms with E-state index in [0.29, 0.717) is 21.6 Å². The van der Waals surface area contributed by atoms with Crippen molar-refractivity contribution in [2.75, 3.05) is 16.6 Å². The van der Waals surface area contributed by atoms with Gasteiger partial charge in [0.1, 0.15) is 5.75 Å². The van der Waals surface area contributed by atoms with Crippen LogP contribution in [0, 0.1) is 13.8 Å². The Balaban J connectivity index is 1.80. The molecule has 3 rings (SSSR count). The molecule has 0 spiro atoms. The molecule has 9 nitrogen and oxygen atoms in total. The molecule has 2 N–H and O–H groups in total. The molecule has 0 aliphatic rings. The maximum Gasteiger partial charge on any atom is 0.264 e. The fourth-order valence-corrected chi connectivity index (χ4v) is 5.40. The predicted octanol–water partition coefficient (Wildman–Crippen LogP) is 3.47. The first-order chi connectivity index (χ1) is 14.5. The summed E-state index contributed by atoms with van der Waals surface area (Å²) in [4.78, 5) is 8.07. The number of ether oxygens (including phenoxy) is 1. The molecule has 0 radical (unpaired) electrons. The minimum atomic E-state index is -3.95. The summed E-state index contributed by atoms with van der Waals surface area (Å²) in [6, 6.07) is 11.3. The summed E-state index contributed by atoms with van der Waals surface area (Å²) in [5.41, 5.74) is 1.45. The summed E-state index contributed by atoms with van der Waals surface area (Å²) in [7, 11) is -6.36. The summed E-state index contributed by atoms with van der Waals surface area (Å²) in [5.74, 6) is 0.459. The lowest BCUT2D eigenvalue weighted by Gasteiger charge is -2.11. The van der Waals surface area contributed by atoms with E-state index in [4.69, 9.17) is 4.74 Å². The number of hydrogen-bond acceptors (Lipinski definition) is 7. The number of rotatable bonds is 7. The number of sulfonamides is 2. The highest BCUT2D eigenvalue weighted by atomic mass is 79.9. The molecule has 0 aliphatic heterocycles. The van der Waals surface area contributed by atoms with E-state index >= 15 is 0 Å². The monoisotopic (exact) mass is 526 g/mol. The minimum absolute atomic E-state index is 0.0190. The molecular weight excluding hydrogens is 508 g/mol. The molecule has 0 bridgehead atoms. The van der Waals surface area contributed by atoms with Crippen molar-refractivity contribution < 1.29 is 21.6 Å². The first-order valence-electron chi connectivity index (χ1n) is 8.82. The van der Waals surface area contributed by atoms with E-state index in [2.05, 4.69) is 35.3 Å². The van der Waals surface area contributed by atoms with Gasteiger partial charge in [-0.15, -0.1) is 0 Å². The van der Waals surface area contributed by atoms with E-state index < -0.39 is 20.0 Å². The van der Waals surface area contributed by atoms with Crippen molar-refractivity contribution in [3.63, 3.8) is 0 Å². The largest absolute Gasteiger partial charge is 0.496 e. The van der Waals surface area contributed by atoms with Gasteiger partial charge in [-0.05, 0) is 78.3 Å². The van der Waals surface area contributed by atoms with E-state index in [0.717, 1.165) is 0 Å². The van der Waals surface area contributed by atoms with Crippen LogP contribution >= 0.6 is 15.9 Å². The van der Waals surface area contributed by atoms with Gasteiger partial charge >= 0.3 is 0 Å². The number of hydrogen-bond donors (Lipinski definition) is 2. The van der Waals surface area contributed by atoms with Crippen LogP contribution in [-0.4, -0.2) is 33.9 Å². The molecule has 0 fully saturated rings. The average molecular weight is 527 g/mol. The van der Waals surface area contributed by atoms with Crippen LogP contribution in [0.25, 0.3) is 0 Å². The summed E-state index contributed by atoms with van der Waals surface area (Å²) < 4.78 is 60.7. The van der Waals surface area contributed by atoms with Gasteiger partial charge in [0.15, 0.2) is 0 Å². The van der Waals surface area contributed by atoms with Crippen LogP contribution in [-0.2, 0) is 20.0 Å². The molecule has 31 heavy (non-hydrogen) atoms. The van der Waals surface area contributed by atoms with Crippen LogP contribution < -0.4 is 14.2 Å². The first-order valence-corrected chi connectivity index (χ1v) is 12.6. The number of nitrogens with one attached hydrogen (secondary N) is 2. The van der Waals surface area contributed by atoms with Gasteiger partial charge in [-0.2, -0.15) is 0 Å². The topological polar surface area (TPSA) is 127 Å². The van der Waals surface area contributed by atoms with Crippen LogP contribution in [0.4, 0.5) is 11.6 Å².